The summed E-state index contributed by atoms with van der Waals surface area (Å²) >= 11 is 0. The Labute approximate surface area is 118 Å². The van der Waals surface area contributed by atoms with Gasteiger partial charge in [0, 0.05) is 6.20 Å². The molecule has 2 nitrogen and oxygen atoms in total. The lowest BCUT2D eigenvalue weighted by Crippen LogP contribution is -2.16. The van der Waals surface area contributed by atoms with Gasteiger partial charge in [0.15, 0.2) is 0 Å². The van der Waals surface area contributed by atoms with E-state index in [-0.39, 0.29) is 5.82 Å². The van der Waals surface area contributed by atoms with E-state index < -0.39 is 0 Å². The number of aromatic nitrogens is 1. The van der Waals surface area contributed by atoms with Crippen molar-refractivity contribution in [2.45, 2.75) is 37.5 Å². The topological polar surface area (TPSA) is 38.9 Å². The van der Waals surface area contributed by atoms with Crippen molar-refractivity contribution in [2.24, 2.45) is 0 Å². The summed E-state index contributed by atoms with van der Waals surface area (Å²) in [7, 11) is 0. The molecule has 0 bridgehead atoms. The lowest BCUT2D eigenvalue weighted by Gasteiger charge is -2.32. The molecule has 0 saturated heterocycles. The molecular formula is C17H19FN2. The highest BCUT2D eigenvalue weighted by molar-refractivity contribution is 5.36. The van der Waals surface area contributed by atoms with Gasteiger partial charge in [-0.15, -0.1) is 0 Å². The number of rotatable bonds is 2. The second-order valence-corrected chi connectivity index (χ2v) is 5.56. The van der Waals surface area contributed by atoms with Crippen LogP contribution in [0.3, 0.4) is 0 Å². The van der Waals surface area contributed by atoms with Crippen LogP contribution in [0, 0.1) is 5.82 Å². The van der Waals surface area contributed by atoms with Gasteiger partial charge >= 0.3 is 0 Å². The standard InChI is InChI=1S/C17H19FN2/c18-14-7-5-12(6-8-14)15-3-1-2-4-16(15)13-9-10-20-17(19)11-13/h5-11,15-16H,1-4H2,(H2,19,20)/t15-,16+/m0/s1. The van der Waals surface area contributed by atoms with Gasteiger partial charge in [0.05, 0.1) is 0 Å². The maximum atomic E-state index is 13.1. The molecule has 1 heterocycles. The number of nitrogens with two attached hydrogens (primary N) is 1. The van der Waals surface area contributed by atoms with Gasteiger partial charge in [-0.2, -0.15) is 0 Å². The predicted octanol–water partition coefficient (Wildman–Crippen LogP) is 4.24. The molecule has 20 heavy (non-hydrogen) atoms. The SMILES string of the molecule is Nc1cc([C@H]2CCCC[C@H]2c2ccc(F)cc2)ccn1. The monoisotopic (exact) mass is 270 g/mol. The first-order chi connectivity index (χ1) is 9.74. The van der Waals surface area contributed by atoms with Crippen LogP contribution in [0.15, 0.2) is 42.6 Å². The Morgan fingerprint density at radius 1 is 0.950 bits per heavy atom. The molecule has 0 amide bonds. The van der Waals surface area contributed by atoms with Gasteiger partial charge in [0.25, 0.3) is 0 Å². The van der Waals surface area contributed by atoms with Crippen LogP contribution in [-0.4, -0.2) is 4.98 Å². The zero-order chi connectivity index (χ0) is 13.9. The number of benzene rings is 1. The van der Waals surface area contributed by atoms with Crippen LogP contribution in [0.4, 0.5) is 10.2 Å². The molecule has 1 aromatic heterocycles. The van der Waals surface area contributed by atoms with E-state index in [1.807, 2.05) is 18.2 Å². The number of pyridine rings is 1. The molecular weight excluding hydrogens is 251 g/mol. The Kier molecular flexibility index (Phi) is 3.68. The van der Waals surface area contributed by atoms with Gasteiger partial charge in [-0.05, 0) is 60.1 Å². The number of nitrogen functional groups attached to an aromatic ring is 1. The minimum Gasteiger partial charge on any atom is -0.384 e. The smallest absolute Gasteiger partial charge is 0.123 e. The van der Waals surface area contributed by atoms with E-state index in [0.29, 0.717) is 17.7 Å². The van der Waals surface area contributed by atoms with Crippen molar-refractivity contribution < 1.29 is 4.39 Å². The molecule has 104 valence electrons. The van der Waals surface area contributed by atoms with Gasteiger partial charge in [0.1, 0.15) is 11.6 Å². The Morgan fingerprint density at radius 3 is 2.25 bits per heavy atom. The van der Waals surface area contributed by atoms with Gasteiger partial charge < -0.3 is 5.73 Å². The summed E-state index contributed by atoms with van der Waals surface area (Å²) in [5, 5.41) is 0. The summed E-state index contributed by atoms with van der Waals surface area (Å²) in [5.41, 5.74) is 8.29. The Hall–Kier alpha value is -1.90. The minimum atomic E-state index is -0.172. The van der Waals surface area contributed by atoms with Crippen molar-refractivity contribution in [2.75, 3.05) is 5.73 Å². The minimum absolute atomic E-state index is 0.172. The maximum absolute atomic E-state index is 13.1. The summed E-state index contributed by atoms with van der Waals surface area (Å²) in [5.74, 6) is 1.31. The molecule has 2 atom stereocenters. The van der Waals surface area contributed by atoms with E-state index >= 15 is 0 Å². The molecule has 0 aliphatic heterocycles. The molecule has 1 fully saturated rings. The van der Waals surface area contributed by atoms with Crippen LogP contribution in [-0.2, 0) is 0 Å². The highest BCUT2D eigenvalue weighted by atomic mass is 19.1. The average Bonchev–Trinajstić information content (AvgIpc) is 2.48. The predicted molar refractivity (Wildman–Crippen MR) is 79.0 cm³/mol. The first-order valence-electron chi connectivity index (χ1n) is 7.21. The number of nitrogens with zero attached hydrogens (tertiary/aromatic N) is 1. The zero-order valence-electron chi connectivity index (χ0n) is 11.4. The van der Waals surface area contributed by atoms with E-state index in [0.717, 1.165) is 12.8 Å². The number of halogens is 1. The normalized spacial score (nSPS) is 22.6. The fraction of sp³-hybridized carbons (Fsp3) is 0.353. The van der Waals surface area contributed by atoms with Crippen LogP contribution >= 0.6 is 0 Å². The molecule has 1 aliphatic rings. The van der Waals surface area contributed by atoms with Crippen molar-refractivity contribution in [3.63, 3.8) is 0 Å². The fourth-order valence-corrected chi connectivity index (χ4v) is 3.33. The van der Waals surface area contributed by atoms with E-state index in [1.165, 1.54) is 24.0 Å². The Morgan fingerprint density at radius 2 is 1.60 bits per heavy atom. The van der Waals surface area contributed by atoms with Gasteiger partial charge in [-0.25, -0.2) is 9.37 Å². The van der Waals surface area contributed by atoms with Crippen molar-refractivity contribution in [3.8, 4) is 0 Å². The molecule has 3 rings (SSSR count). The van der Waals surface area contributed by atoms with Gasteiger partial charge in [-0.1, -0.05) is 25.0 Å². The van der Waals surface area contributed by atoms with Crippen LogP contribution < -0.4 is 5.73 Å². The molecule has 1 saturated carbocycles. The summed E-state index contributed by atoms with van der Waals surface area (Å²) in [6, 6.07) is 11.0. The van der Waals surface area contributed by atoms with E-state index in [1.54, 1.807) is 18.3 Å². The molecule has 1 aromatic carbocycles. The van der Waals surface area contributed by atoms with E-state index in [2.05, 4.69) is 11.1 Å². The summed E-state index contributed by atoms with van der Waals surface area (Å²) in [6.45, 7) is 0. The molecule has 0 radical (unpaired) electrons. The second-order valence-electron chi connectivity index (χ2n) is 5.56. The first kappa shape index (κ1) is 13.1. The fourth-order valence-electron chi connectivity index (χ4n) is 3.33. The molecule has 0 unspecified atom stereocenters. The van der Waals surface area contributed by atoms with Crippen LogP contribution in [0.25, 0.3) is 0 Å². The first-order valence-corrected chi connectivity index (χ1v) is 7.21. The van der Waals surface area contributed by atoms with Gasteiger partial charge in [-0.3, -0.25) is 0 Å². The van der Waals surface area contributed by atoms with Crippen LogP contribution in [0.2, 0.25) is 0 Å². The van der Waals surface area contributed by atoms with Crippen LogP contribution in [0.1, 0.15) is 48.6 Å². The van der Waals surface area contributed by atoms with Gasteiger partial charge in [0.2, 0.25) is 0 Å². The summed E-state index contributed by atoms with van der Waals surface area (Å²) < 4.78 is 13.1. The molecule has 2 aromatic rings. The highest BCUT2D eigenvalue weighted by Crippen LogP contribution is 2.44. The average molecular weight is 270 g/mol. The highest BCUT2D eigenvalue weighted by Gasteiger charge is 2.27. The van der Waals surface area contributed by atoms with E-state index in [9.17, 15) is 4.39 Å². The number of hydrogen-bond donors (Lipinski definition) is 1. The summed E-state index contributed by atoms with van der Waals surface area (Å²) in [4.78, 5) is 4.07. The Balaban J connectivity index is 1.93. The second kappa shape index (κ2) is 5.61. The summed E-state index contributed by atoms with van der Waals surface area (Å²) in [6.07, 6.45) is 6.56. The lowest BCUT2D eigenvalue weighted by atomic mass is 9.72. The van der Waals surface area contributed by atoms with E-state index in [4.69, 9.17) is 5.73 Å². The third kappa shape index (κ3) is 2.67. The number of hydrogen-bond acceptors (Lipinski definition) is 2. The van der Waals surface area contributed by atoms with Crippen molar-refractivity contribution in [1.29, 1.82) is 0 Å². The Bertz CT molecular complexity index is 580. The third-order valence-electron chi connectivity index (χ3n) is 4.30. The quantitative estimate of drug-likeness (QED) is 0.886. The van der Waals surface area contributed by atoms with Crippen LogP contribution in [0.5, 0.6) is 0 Å². The van der Waals surface area contributed by atoms with Crippen molar-refractivity contribution in [3.05, 3.63) is 59.5 Å². The largest absolute Gasteiger partial charge is 0.384 e. The zero-order valence-corrected chi connectivity index (χ0v) is 11.4. The molecule has 3 heteroatoms. The third-order valence-corrected chi connectivity index (χ3v) is 4.30. The molecule has 2 N–H and O–H groups in total. The van der Waals surface area contributed by atoms with Crippen molar-refractivity contribution in [1.82, 2.24) is 4.98 Å². The van der Waals surface area contributed by atoms with Crippen molar-refractivity contribution >= 4 is 5.82 Å². The molecule has 0 spiro atoms. The molecule has 1 aliphatic carbocycles. The number of anilines is 1. The lowest BCUT2D eigenvalue weighted by molar-refractivity contribution is 0.386. The maximum Gasteiger partial charge on any atom is 0.123 e.